The number of ether oxygens (including phenoxy) is 1. The summed E-state index contributed by atoms with van der Waals surface area (Å²) in [6.07, 6.45) is 3.67. The maximum atomic E-state index is 10.7. The number of aliphatic carboxylic acids is 1. The number of unbranched alkanes of at least 4 members (excludes halogenated alkanes) is 1. The molecule has 0 amide bonds. The van der Waals surface area contributed by atoms with E-state index in [-0.39, 0.29) is 5.97 Å². The molecule has 0 atom stereocenters. The Bertz CT molecular complexity index is 183. The van der Waals surface area contributed by atoms with Gasteiger partial charge >= 0.3 is 11.9 Å². The number of carbonyl (C=O) groups excluding carboxylic acids is 1. The standard InChI is InChI=1S/C7H13IO2.C4H8O2/c1-2-10-7(9)5-3-4-6-8;1-2-3-4(5)6/h2-6H2,1H3;2-3H2,1H3,(H,5,6). The molecule has 0 saturated heterocycles. The van der Waals surface area contributed by atoms with E-state index >= 15 is 0 Å². The van der Waals surface area contributed by atoms with Gasteiger partial charge in [0.1, 0.15) is 0 Å². The summed E-state index contributed by atoms with van der Waals surface area (Å²) in [5.74, 6) is -0.773. The zero-order valence-electron chi connectivity index (χ0n) is 10.00. The van der Waals surface area contributed by atoms with Crippen molar-refractivity contribution in [2.24, 2.45) is 0 Å². The van der Waals surface area contributed by atoms with Gasteiger partial charge in [-0.15, -0.1) is 0 Å². The number of carbonyl (C=O) groups is 2. The van der Waals surface area contributed by atoms with Crippen molar-refractivity contribution in [1.82, 2.24) is 0 Å². The molecule has 0 fully saturated rings. The highest BCUT2D eigenvalue weighted by molar-refractivity contribution is 14.1. The molecule has 0 aliphatic carbocycles. The second-order valence-electron chi connectivity index (χ2n) is 3.09. The van der Waals surface area contributed by atoms with Crippen LogP contribution in [0.15, 0.2) is 0 Å². The molecule has 0 rings (SSSR count). The molecule has 0 bridgehead atoms. The average molecular weight is 344 g/mol. The molecule has 5 heteroatoms. The lowest BCUT2D eigenvalue weighted by atomic mass is 10.2. The van der Waals surface area contributed by atoms with Gasteiger partial charge in [-0.3, -0.25) is 9.59 Å². The van der Waals surface area contributed by atoms with Crippen LogP contribution in [0.5, 0.6) is 0 Å². The van der Waals surface area contributed by atoms with Gasteiger partial charge in [-0.05, 0) is 30.6 Å². The number of hydrogen-bond donors (Lipinski definition) is 1. The highest BCUT2D eigenvalue weighted by atomic mass is 127. The number of halogens is 1. The molecule has 16 heavy (non-hydrogen) atoms. The van der Waals surface area contributed by atoms with Crippen molar-refractivity contribution >= 4 is 34.5 Å². The van der Waals surface area contributed by atoms with E-state index in [1.165, 1.54) is 0 Å². The predicted molar refractivity (Wildman–Crippen MR) is 71.9 cm³/mol. The molecule has 1 N–H and O–H groups in total. The van der Waals surface area contributed by atoms with Crippen molar-refractivity contribution < 1.29 is 19.4 Å². The minimum absolute atomic E-state index is 0.0626. The minimum Gasteiger partial charge on any atom is -0.481 e. The Kier molecular flexibility index (Phi) is 16.5. The van der Waals surface area contributed by atoms with Gasteiger partial charge in [-0.25, -0.2) is 0 Å². The van der Waals surface area contributed by atoms with E-state index in [9.17, 15) is 9.59 Å². The maximum absolute atomic E-state index is 10.7. The molecule has 0 heterocycles. The summed E-state index contributed by atoms with van der Waals surface area (Å²) in [6.45, 7) is 4.17. The molecule has 96 valence electrons. The average Bonchev–Trinajstić information content (AvgIpc) is 2.19. The first-order valence-corrected chi connectivity index (χ1v) is 7.04. The molecule has 0 aromatic carbocycles. The Labute approximate surface area is 111 Å². The van der Waals surface area contributed by atoms with Crippen molar-refractivity contribution in [3.05, 3.63) is 0 Å². The highest BCUT2D eigenvalue weighted by Crippen LogP contribution is 1.99. The maximum Gasteiger partial charge on any atom is 0.305 e. The molecule has 0 saturated carbocycles. The Hall–Kier alpha value is -0.330. The Morgan fingerprint density at radius 1 is 1.19 bits per heavy atom. The number of rotatable bonds is 7. The monoisotopic (exact) mass is 344 g/mol. The summed E-state index contributed by atoms with van der Waals surface area (Å²) in [5.41, 5.74) is 0. The molecule has 0 aliphatic heterocycles. The fourth-order valence-corrected chi connectivity index (χ4v) is 1.35. The molecular formula is C11H21IO4. The molecule has 0 radical (unpaired) electrons. The van der Waals surface area contributed by atoms with Crippen LogP contribution in [0.4, 0.5) is 0 Å². The molecule has 0 spiro atoms. The Morgan fingerprint density at radius 2 is 1.81 bits per heavy atom. The van der Waals surface area contributed by atoms with Crippen molar-refractivity contribution in [2.45, 2.75) is 46.0 Å². The van der Waals surface area contributed by atoms with Crippen LogP contribution in [-0.4, -0.2) is 28.1 Å². The summed E-state index contributed by atoms with van der Waals surface area (Å²) >= 11 is 2.30. The number of esters is 1. The Balaban J connectivity index is 0. The van der Waals surface area contributed by atoms with E-state index in [2.05, 4.69) is 22.6 Å². The number of hydrogen-bond acceptors (Lipinski definition) is 3. The van der Waals surface area contributed by atoms with Gasteiger partial charge in [0, 0.05) is 12.8 Å². The SMILES string of the molecule is CCCC(=O)O.CCOC(=O)CCCCI. The van der Waals surface area contributed by atoms with Crippen LogP contribution in [0, 0.1) is 0 Å². The third kappa shape index (κ3) is 19.3. The summed E-state index contributed by atoms with van der Waals surface area (Å²) < 4.78 is 5.87. The van der Waals surface area contributed by atoms with E-state index in [1.54, 1.807) is 0 Å². The third-order valence-electron chi connectivity index (χ3n) is 1.53. The van der Waals surface area contributed by atoms with Gasteiger partial charge in [0.05, 0.1) is 6.61 Å². The largest absolute Gasteiger partial charge is 0.481 e. The number of carboxylic acid groups (broad SMARTS) is 1. The van der Waals surface area contributed by atoms with Crippen LogP contribution in [-0.2, 0) is 14.3 Å². The molecule has 0 aromatic heterocycles. The van der Waals surface area contributed by atoms with Crippen LogP contribution in [0.3, 0.4) is 0 Å². The van der Waals surface area contributed by atoms with Crippen LogP contribution in [0.25, 0.3) is 0 Å². The number of alkyl halides is 1. The second kappa shape index (κ2) is 14.7. The smallest absolute Gasteiger partial charge is 0.305 e. The quantitative estimate of drug-likeness (QED) is 0.334. The molecule has 0 aliphatic rings. The van der Waals surface area contributed by atoms with Gasteiger partial charge in [0.25, 0.3) is 0 Å². The molecule has 0 unspecified atom stereocenters. The van der Waals surface area contributed by atoms with Gasteiger partial charge in [0.15, 0.2) is 0 Å². The van der Waals surface area contributed by atoms with E-state index < -0.39 is 5.97 Å². The van der Waals surface area contributed by atoms with Gasteiger partial charge in [0.2, 0.25) is 0 Å². The topological polar surface area (TPSA) is 63.6 Å². The first-order chi connectivity index (χ1) is 7.58. The van der Waals surface area contributed by atoms with Gasteiger partial charge in [-0.1, -0.05) is 29.5 Å². The third-order valence-corrected chi connectivity index (χ3v) is 2.30. The van der Waals surface area contributed by atoms with E-state index in [0.717, 1.165) is 23.7 Å². The van der Waals surface area contributed by atoms with Crippen molar-refractivity contribution in [3.63, 3.8) is 0 Å². The summed E-state index contributed by atoms with van der Waals surface area (Å²) in [4.78, 5) is 20.3. The molecular weight excluding hydrogens is 323 g/mol. The fourth-order valence-electron chi connectivity index (χ4n) is 0.811. The second-order valence-corrected chi connectivity index (χ2v) is 4.17. The van der Waals surface area contributed by atoms with E-state index in [0.29, 0.717) is 19.4 Å². The lowest BCUT2D eigenvalue weighted by Gasteiger charge is -1.98. The first kappa shape index (κ1) is 18.0. The summed E-state index contributed by atoms with van der Waals surface area (Å²) in [7, 11) is 0. The van der Waals surface area contributed by atoms with Crippen molar-refractivity contribution in [3.8, 4) is 0 Å². The lowest BCUT2D eigenvalue weighted by molar-refractivity contribution is -0.143. The fraction of sp³-hybridized carbons (Fsp3) is 0.818. The predicted octanol–water partition coefficient (Wildman–Crippen LogP) is 3.03. The van der Waals surface area contributed by atoms with Gasteiger partial charge < -0.3 is 9.84 Å². The first-order valence-electron chi connectivity index (χ1n) is 5.51. The minimum atomic E-state index is -0.711. The van der Waals surface area contributed by atoms with Crippen molar-refractivity contribution in [2.75, 3.05) is 11.0 Å². The van der Waals surface area contributed by atoms with Crippen LogP contribution in [0.1, 0.15) is 46.0 Å². The van der Waals surface area contributed by atoms with Gasteiger partial charge in [-0.2, -0.15) is 0 Å². The summed E-state index contributed by atoms with van der Waals surface area (Å²) in [6, 6.07) is 0. The molecule has 4 nitrogen and oxygen atoms in total. The zero-order valence-corrected chi connectivity index (χ0v) is 12.2. The number of carboxylic acids is 1. The normalized spacial score (nSPS) is 8.94. The van der Waals surface area contributed by atoms with Crippen molar-refractivity contribution in [1.29, 1.82) is 0 Å². The summed E-state index contributed by atoms with van der Waals surface area (Å²) in [5, 5.41) is 7.91. The lowest BCUT2D eigenvalue weighted by Crippen LogP contribution is -2.03. The van der Waals surface area contributed by atoms with Crippen LogP contribution >= 0.6 is 22.6 Å². The van der Waals surface area contributed by atoms with E-state index in [1.807, 2.05) is 13.8 Å². The molecule has 0 aromatic rings. The Morgan fingerprint density at radius 3 is 2.12 bits per heavy atom. The van der Waals surface area contributed by atoms with E-state index in [4.69, 9.17) is 9.84 Å². The zero-order chi connectivity index (χ0) is 12.8. The van der Waals surface area contributed by atoms with Crippen LogP contribution in [0.2, 0.25) is 0 Å². The highest BCUT2D eigenvalue weighted by Gasteiger charge is 1.98. The van der Waals surface area contributed by atoms with Crippen LogP contribution < -0.4 is 0 Å².